The molecule has 0 aromatic heterocycles. The van der Waals surface area contributed by atoms with Crippen molar-refractivity contribution < 1.29 is 47.7 Å². The van der Waals surface area contributed by atoms with Crippen molar-refractivity contribution in [1.29, 1.82) is 0 Å². The Kier molecular flexibility index (Phi) is 41.9. The molecular formula is C56H104O10. The van der Waals surface area contributed by atoms with Crippen LogP contribution in [0.25, 0.3) is 0 Å². The zero-order valence-corrected chi connectivity index (χ0v) is 44.3. The lowest BCUT2D eigenvalue weighted by atomic mass is 9.87. The zero-order valence-electron chi connectivity index (χ0n) is 44.3. The van der Waals surface area contributed by atoms with Crippen molar-refractivity contribution in [2.45, 2.75) is 292 Å². The van der Waals surface area contributed by atoms with Crippen LogP contribution in [-0.4, -0.2) is 61.9 Å². The summed E-state index contributed by atoms with van der Waals surface area (Å²) in [5.74, 6) is -0.884. The molecule has 0 rings (SSSR count). The minimum absolute atomic E-state index is 0.0144. The van der Waals surface area contributed by atoms with Gasteiger partial charge in [-0.05, 0) is 95.8 Å². The number of hydrogen-bond acceptors (Lipinski definition) is 10. The van der Waals surface area contributed by atoms with E-state index in [9.17, 15) is 24.0 Å². The molecular weight excluding hydrogens is 833 g/mol. The number of hydrogen-bond donors (Lipinski definition) is 0. The van der Waals surface area contributed by atoms with Gasteiger partial charge in [-0.1, -0.05) is 165 Å². The summed E-state index contributed by atoms with van der Waals surface area (Å²) < 4.78 is 29.2. The molecule has 0 fully saturated rings. The molecule has 0 saturated carbocycles. The molecule has 0 aliphatic carbocycles. The largest absolute Gasteiger partial charge is 0.465 e. The third kappa shape index (κ3) is 37.3. The van der Waals surface area contributed by atoms with E-state index in [4.69, 9.17) is 23.7 Å². The molecule has 0 aliphatic heterocycles. The second-order valence-corrected chi connectivity index (χ2v) is 20.1. The van der Waals surface area contributed by atoms with Crippen LogP contribution in [-0.2, 0) is 47.7 Å². The van der Waals surface area contributed by atoms with Crippen molar-refractivity contribution >= 4 is 29.8 Å². The molecule has 0 spiro atoms. The van der Waals surface area contributed by atoms with Crippen LogP contribution in [0, 0.1) is 17.3 Å². The maximum Gasteiger partial charge on any atom is 0.308 e. The van der Waals surface area contributed by atoms with Gasteiger partial charge in [-0.3, -0.25) is 24.0 Å². The third-order valence-electron chi connectivity index (χ3n) is 13.0. The Morgan fingerprint density at radius 1 is 0.379 bits per heavy atom. The molecule has 0 aliphatic rings. The van der Waals surface area contributed by atoms with Gasteiger partial charge < -0.3 is 23.7 Å². The predicted molar refractivity (Wildman–Crippen MR) is 269 cm³/mol. The van der Waals surface area contributed by atoms with Crippen LogP contribution in [0.15, 0.2) is 0 Å². The van der Waals surface area contributed by atoms with Gasteiger partial charge in [-0.15, -0.1) is 0 Å². The standard InChI is InChI=1S/C56H104O10/c1-9-14-18-30-36-50(66-54(60)42-29-17-12-4)38-32-24-20-22-26-34-40-52(58)63-45-56(13-5,46-64-55(61)48(8)43-47(6)7)44-62-51(57)39-33-25-21-19-23-31-37-49(35-27-15-10-2)65-53(59)41-28-16-11-3/h47-50H,9-46H2,1-8H3. The minimum Gasteiger partial charge on any atom is -0.465 e. The summed E-state index contributed by atoms with van der Waals surface area (Å²) in [5.41, 5.74) is -0.825. The van der Waals surface area contributed by atoms with E-state index in [0.717, 1.165) is 167 Å². The smallest absolute Gasteiger partial charge is 0.308 e. The van der Waals surface area contributed by atoms with Gasteiger partial charge in [0, 0.05) is 25.7 Å². The second kappa shape index (κ2) is 43.6. The second-order valence-electron chi connectivity index (χ2n) is 20.1. The zero-order chi connectivity index (χ0) is 49.1. The highest BCUT2D eigenvalue weighted by molar-refractivity contribution is 5.72. The Labute approximate surface area is 405 Å². The van der Waals surface area contributed by atoms with Crippen LogP contribution in [0.3, 0.4) is 0 Å². The molecule has 0 amide bonds. The Bertz CT molecular complexity index is 1200. The quantitative estimate of drug-likeness (QED) is 0.0330. The SMILES string of the molecule is CCCCCCC(CCCCCCCCC(=O)OCC(CC)(COC(=O)CCCCCCCCC(CCCCC)OC(=O)CCCCC)COC(=O)C(C)CC(C)C)OC(=O)CCCCC. The molecule has 388 valence electrons. The highest BCUT2D eigenvalue weighted by atomic mass is 16.6. The molecule has 4 unspecified atom stereocenters. The normalized spacial score (nSPS) is 13.7. The lowest BCUT2D eigenvalue weighted by Gasteiger charge is -2.31. The summed E-state index contributed by atoms with van der Waals surface area (Å²) in [4.78, 5) is 63.6. The number of unbranched alkanes of at least 4 members (excludes halogenated alkanes) is 19. The first-order valence-electron chi connectivity index (χ1n) is 27.7. The molecule has 10 nitrogen and oxygen atoms in total. The molecule has 4 atom stereocenters. The summed E-state index contributed by atoms with van der Waals surface area (Å²) in [7, 11) is 0. The van der Waals surface area contributed by atoms with E-state index in [1.54, 1.807) is 0 Å². The third-order valence-corrected chi connectivity index (χ3v) is 13.0. The van der Waals surface area contributed by atoms with Crippen LogP contribution in [0.4, 0.5) is 0 Å². The van der Waals surface area contributed by atoms with Crippen molar-refractivity contribution in [3.05, 3.63) is 0 Å². The molecule has 0 radical (unpaired) electrons. The fourth-order valence-corrected chi connectivity index (χ4v) is 8.38. The van der Waals surface area contributed by atoms with Gasteiger partial charge in [0.15, 0.2) is 0 Å². The average Bonchev–Trinajstić information content (AvgIpc) is 3.29. The maximum atomic E-state index is 13.0. The fraction of sp³-hybridized carbons (Fsp3) is 0.911. The van der Waals surface area contributed by atoms with Crippen LogP contribution < -0.4 is 0 Å². The molecule has 66 heavy (non-hydrogen) atoms. The molecule has 0 saturated heterocycles. The fourth-order valence-electron chi connectivity index (χ4n) is 8.38. The van der Waals surface area contributed by atoms with E-state index in [1.165, 1.54) is 19.3 Å². The number of rotatable bonds is 47. The summed E-state index contributed by atoms with van der Waals surface area (Å²) in [6.07, 6.45) is 32.6. The van der Waals surface area contributed by atoms with Gasteiger partial charge in [0.25, 0.3) is 0 Å². The van der Waals surface area contributed by atoms with Crippen LogP contribution in [0.2, 0.25) is 0 Å². The minimum atomic E-state index is -0.825. The van der Waals surface area contributed by atoms with Gasteiger partial charge in [-0.2, -0.15) is 0 Å². The summed E-state index contributed by atoms with van der Waals surface area (Å²) in [6.45, 7) is 16.7. The highest BCUT2D eigenvalue weighted by Gasteiger charge is 2.35. The Morgan fingerprint density at radius 3 is 1.08 bits per heavy atom. The number of carbonyl (C=O) groups is 5. The van der Waals surface area contributed by atoms with Crippen LogP contribution >= 0.6 is 0 Å². The van der Waals surface area contributed by atoms with E-state index in [-0.39, 0.29) is 67.8 Å². The Morgan fingerprint density at radius 2 is 0.682 bits per heavy atom. The Balaban J connectivity index is 4.86. The molecule has 0 N–H and O–H groups in total. The molecule has 10 heteroatoms. The highest BCUT2D eigenvalue weighted by Crippen LogP contribution is 2.27. The van der Waals surface area contributed by atoms with E-state index >= 15 is 0 Å². The van der Waals surface area contributed by atoms with Gasteiger partial charge >= 0.3 is 29.8 Å². The topological polar surface area (TPSA) is 132 Å². The first-order chi connectivity index (χ1) is 31.8. The van der Waals surface area contributed by atoms with E-state index < -0.39 is 5.41 Å². The Hall–Kier alpha value is -2.65. The van der Waals surface area contributed by atoms with E-state index in [2.05, 4.69) is 41.5 Å². The first-order valence-corrected chi connectivity index (χ1v) is 27.7. The lowest BCUT2D eigenvalue weighted by Crippen LogP contribution is -2.39. The monoisotopic (exact) mass is 937 g/mol. The lowest BCUT2D eigenvalue weighted by molar-refractivity contribution is -0.164. The van der Waals surface area contributed by atoms with E-state index in [0.29, 0.717) is 44.4 Å². The van der Waals surface area contributed by atoms with Gasteiger partial charge in [0.05, 0.1) is 11.3 Å². The van der Waals surface area contributed by atoms with Crippen molar-refractivity contribution in [2.75, 3.05) is 19.8 Å². The summed E-state index contributed by atoms with van der Waals surface area (Å²) in [6, 6.07) is 0. The maximum absolute atomic E-state index is 13.0. The van der Waals surface area contributed by atoms with E-state index in [1.807, 2.05) is 13.8 Å². The molecule has 0 aromatic carbocycles. The van der Waals surface area contributed by atoms with Crippen LogP contribution in [0.1, 0.15) is 280 Å². The number of carbonyl (C=O) groups excluding carboxylic acids is 5. The van der Waals surface area contributed by atoms with Gasteiger partial charge in [0.1, 0.15) is 32.0 Å². The van der Waals surface area contributed by atoms with Gasteiger partial charge in [0.2, 0.25) is 0 Å². The number of ether oxygens (including phenoxy) is 5. The van der Waals surface area contributed by atoms with Crippen molar-refractivity contribution in [3.8, 4) is 0 Å². The molecule has 0 aromatic rings. The average molecular weight is 937 g/mol. The molecule has 0 bridgehead atoms. The van der Waals surface area contributed by atoms with Gasteiger partial charge in [-0.25, -0.2) is 0 Å². The van der Waals surface area contributed by atoms with Crippen LogP contribution in [0.5, 0.6) is 0 Å². The number of esters is 5. The first kappa shape index (κ1) is 63.4. The van der Waals surface area contributed by atoms with Crippen molar-refractivity contribution in [1.82, 2.24) is 0 Å². The molecule has 0 heterocycles. The summed E-state index contributed by atoms with van der Waals surface area (Å²) in [5, 5.41) is 0. The van der Waals surface area contributed by atoms with Crippen molar-refractivity contribution in [3.63, 3.8) is 0 Å². The summed E-state index contributed by atoms with van der Waals surface area (Å²) >= 11 is 0. The predicted octanol–water partition coefficient (Wildman–Crippen LogP) is 15.5. The van der Waals surface area contributed by atoms with Crippen molar-refractivity contribution in [2.24, 2.45) is 17.3 Å².